The minimum absolute atomic E-state index is 0.569. The van der Waals surface area contributed by atoms with E-state index in [1.165, 1.54) is 6.33 Å². The fraction of sp³-hybridized carbons (Fsp3) is 0.278. The number of aromatic nitrogens is 2. The van der Waals surface area contributed by atoms with Gasteiger partial charge in [0.25, 0.3) is 0 Å². The molecule has 0 saturated carbocycles. The summed E-state index contributed by atoms with van der Waals surface area (Å²) in [5.41, 5.74) is 8.53. The Morgan fingerprint density at radius 3 is 2.68 bits per heavy atom. The maximum atomic E-state index is 6.26. The summed E-state index contributed by atoms with van der Waals surface area (Å²) in [5.74, 6) is 0.642. The second-order valence-electron chi connectivity index (χ2n) is 5.35. The average molecular weight is 378 g/mol. The van der Waals surface area contributed by atoms with Crippen molar-refractivity contribution in [3.05, 3.63) is 63.7 Å². The lowest BCUT2D eigenvalue weighted by Gasteiger charge is -2.09. The van der Waals surface area contributed by atoms with Crippen molar-refractivity contribution >= 4 is 35.2 Å². The van der Waals surface area contributed by atoms with Gasteiger partial charge in [-0.1, -0.05) is 42.3 Å². The number of anilines is 1. The Morgan fingerprint density at radius 1 is 1.24 bits per heavy atom. The van der Waals surface area contributed by atoms with Crippen LogP contribution in [0.15, 0.2) is 47.4 Å². The average Bonchev–Trinajstić information content (AvgIpc) is 2.63. The highest BCUT2D eigenvalue weighted by Gasteiger charge is 2.07. The van der Waals surface area contributed by atoms with E-state index in [9.17, 15) is 0 Å². The summed E-state index contributed by atoms with van der Waals surface area (Å²) in [4.78, 5) is 12.7. The molecule has 0 unspecified atom stereocenters. The Morgan fingerprint density at radius 2 is 2.00 bits per heavy atom. The van der Waals surface area contributed by atoms with E-state index in [0.717, 1.165) is 28.3 Å². The van der Waals surface area contributed by atoms with Crippen molar-refractivity contribution in [2.45, 2.75) is 26.3 Å². The number of nitrogens with one attached hydrogen (secondary N) is 1. The van der Waals surface area contributed by atoms with Crippen molar-refractivity contribution in [1.29, 1.82) is 0 Å². The molecule has 0 aliphatic carbocycles. The largest absolute Gasteiger partial charge is 0.404 e. The molecule has 7 heteroatoms. The van der Waals surface area contributed by atoms with Gasteiger partial charge in [-0.3, -0.25) is 4.99 Å². The molecule has 0 aliphatic rings. The molecule has 1 heterocycles. The Balaban J connectivity index is 1.84. The smallest absolute Gasteiger partial charge is 0.148 e. The highest BCUT2D eigenvalue weighted by Crippen LogP contribution is 2.22. The van der Waals surface area contributed by atoms with Crippen LogP contribution in [0.4, 0.5) is 5.82 Å². The number of rotatable bonds is 8. The topological polar surface area (TPSA) is 76.2 Å². The lowest BCUT2D eigenvalue weighted by Crippen LogP contribution is -2.08. The van der Waals surface area contributed by atoms with Crippen molar-refractivity contribution in [2.24, 2.45) is 10.7 Å². The molecule has 0 radical (unpaired) electrons. The Labute approximate surface area is 158 Å². The molecule has 0 saturated heterocycles. The van der Waals surface area contributed by atoms with E-state index in [0.29, 0.717) is 30.4 Å². The molecule has 0 atom stereocenters. The quantitative estimate of drug-likeness (QED) is 0.673. The molecule has 0 amide bonds. The van der Waals surface area contributed by atoms with E-state index < -0.39 is 0 Å². The second-order valence-corrected chi connectivity index (χ2v) is 6.17. The number of hydrogen-bond donors (Lipinski definition) is 2. The summed E-state index contributed by atoms with van der Waals surface area (Å²) in [6, 6.07) is 7.61. The molecular formula is C18H21Cl2N5. The van der Waals surface area contributed by atoms with Crippen molar-refractivity contribution in [3.8, 4) is 0 Å². The fourth-order valence-electron chi connectivity index (χ4n) is 2.15. The predicted octanol–water partition coefficient (Wildman–Crippen LogP) is 4.26. The molecule has 5 nitrogen and oxygen atoms in total. The van der Waals surface area contributed by atoms with Crippen LogP contribution in [-0.2, 0) is 13.0 Å². The van der Waals surface area contributed by atoms with Crippen LogP contribution in [0.1, 0.15) is 24.6 Å². The summed E-state index contributed by atoms with van der Waals surface area (Å²) in [6.45, 7) is 3.24. The molecule has 0 spiro atoms. The van der Waals surface area contributed by atoms with Crippen molar-refractivity contribution in [1.82, 2.24) is 9.97 Å². The summed E-state index contributed by atoms with van der Waals surface area (Å²) < 4.78 is 0. The molecule has 0 fully saturated rings. The number of hydrogen-bond acceptors (Lipinski definition) is 5. The standard InChI is InChI=1S/C18H21Cl2N5/c1-2-16-17(20)18(25-12-24-16)23-8-7-14(9-21)11-22-10-13-3-5-15(19)6-4-13/h3-6,9,11-12H,2,7-8,10,21H2,1H3,(H,23,24,25). The monoisotopic (exact) mass is 377 g/mol. The van der Waals surface area contributed by atoms with E-state index in [1.807, 2.05) is 31.2 Å². The van der Waals surface area contributed by atoms with Gasteiger partial charge in [0.15, 0.2) is 0 Å². The molecular weight excluding hydrogens is 357 g/mol. The molecule has 0 bridgehead atoms. The minimum atomic E-state index is 0.569. The van der Waals surface area contributed by atoms with Crippen LogP contribution >= 0.6 is 23.2 Å². The van der Waals surface area contributed by atoms with Gasteiger partial charge < -0.3 is 11.1 Å². The van der Waals surface area contributed by atoms with E-state index in [1.54, 1.807) is 12.4 Å². The van der Waals surface area contributed by atoms with Crippen LogP contribution < -0.4 is 11.1 Å². The van der Waals surface area contributed by atoms with Gasteiger partial charge in [0.1, 0.15) is 17.2 Å². The number of halogens is 2. The van der Waals surface area contributed by atoms with E-state index >= 15 is 0 Å². The summed E-state index contributed by atoms with van der Waals surface area (Å²) in [6.07, 6.45) is 6.34. The molecule has 25 heavy (non-hydrogen) atoms. The zero-order chi connectivity index (χ0) is 18.1. The van der Waals surface area contributed by atoms with E-state index in [4.69, 9.17) is 28.9 Å². The van der Waals surface area contributed by atoms with E-state index in [2.05, 4.69) is 20.3 Å². The zero-order valence-electron chi connectivity index (χ0n) is 14.0. The van der Waals surface area contributed by atoms with Gasteiger partial charge in [0, 0.05) is 17.8 Å². The first kappa shape index (κ1) is 19.2. The summed E-state index contributed by atoms with van der Waals surface area (Å²) >= 11 is 12.1. The highest BCUT2D eigenvalue weighted by molar-refractivity contribution is 6.33. The molecule has 132 valence electrons. The maximum absolute atomic E-state index is 6.26. The van der Waals surface area contributed by atoms with Crippen molar-refractivity contribution in [2.75, 3.05) is 11.9 Å². The Kier molecular flexibility index (Phi) is 7.70. The van der Waals surface area contributed by atoms with Crippen molar-refractivity contribution in [3.63, 3.8) is 0 Å². The third-order valence-electron chi connectivity index (χ3n) is 3.56. The first-order valence-electron chi connectivity index (χ1n) is 8.02. The normalized spacial score (nSPS) is 11.9. The molecule has 1 aromatic carbocycles. The zero-order valence-corrected chi connectivity index (χ0v) is 15.6. The van der Waals surface area contributed by atoms with Crippen molar-refractivity contribution < 1.29 is 0 Å². The number of benzene rings is 1. The van der Waals surface area contributed by atoms with Crippen LogP contribution in [-0.4, -0.2) is 22.7 Å². The fourth-order valence-corrected chi connectivity index (χ4v) is 2.57. The molecule has 3 N–H and O–H groups in total. The third kappa shape index (κ3) is 6.03. The Bertz CT molecular complexity index is 742. The Hall–Kier alpha value is -2.11. The van der Waals surface area contributed by atoms with Gasteiger partial charge in [0.05, 0.1) is 12.2 Å². The number of nitrogens with zero attached hydrogens (tertiary/aromatic N) is 3. The summed E-state index contributed by atoms with van der Waals surface area (Å²) in [7, 11) is 0. The van der Waals surface area contributed by atoms with Gasteiger partial charge in [-0.2, -0.15) is 0 Å². The second kappa shape index (κ2) is 10.0. The minimum Gasteiger partial charge on any atom is -0.404 e. The van der Waals surface area contributed by atoms with Gasteiger partial charge >= 0.3 is 0 Å². The third-order valence-corrected chi connectivity index (χ3v) is 4.21. The number of aryl methyl sites for hydroxylation is 1. The van der Waals surface area contributed by atoms with Crippen LogP contribution in [0.5, 0.6) is 0 Å². The molecule has 2 rings (SSSR count). The predicted molar refractivity (Wildman–Crippen MR) is 105 cm³/mol. The van der Waals surface area contributed by atoms with Crippen LogP contribution in [0, 0.1) is 0 Å². The maximum Gasteiger partial charge on any atom is 0.148 e. The molecule has 1 aromatic heterocycles. The molecule has 0 aliphatic heterocycles. The van der Waals surface area contributed by atoms with Crippen LogP contribution in [0.2, 0.25) is 10.0 Å². The van der Waals surface area contributed by atoms with Gasteiger partial charge in [-0.05, 0) is 42.3 Å². The van der Waals surface area contributed by atoms with Gasteiger partial charge in [-0.25, -0.2) is 9.97 Å². The first-order chi connectivity index (χ1) is 12.1. The summed E-state index contributed by atoms with van der Waals surface area (Å²) in [5, 5.41) is 4.50. The van der Waals surface area contributed by atoms with Gasteiger partial charge in [-0.15, -0.1) is 0 Å². The van der Waals surface area contributed by atoms with Gasteiger partial charge in [0.2, 0.25) is 0 Å². The SMILES string of the molecule is CCc1ncnc(NCCC(C=NCc2ccc(Cl)cc2)=CN)c1Cl. The first-order valence-corrected chi connectivity index (χ1v) is 8.78. The van der Waals surface area contributed by atoms with E-state index in [-0.39, 0.29) is 0 Å². The number of nitrogens with two attached hydrogens (primary N) is 1. The molecule has 2 aromatic rings. The lowest BCUT2D eigenvalue weighted by atomic mass is 10.2. The highest BCUT2D eigenvalue weighted by atomic mass is 35.5. The lowest BCUT2D eigenvalue weighted by molar-refractivity contribution is 0.971. The van der Waals surface area contributed by atoms with Crippen LogP contribution in [0.25, 0.3) is 0 Å². The number of aliphatic imine (C=N–C) groups is 1. The van der Waals surface area contributed by atoms with Crippen LogP contribution in [0.3, 0.4) is 0 Å².